The van der Waals surface area contributed by atoms with Crippen LogP contribution in [0, 0.1) is 0 Å². The first-order valence-electron chi connectivity index (χ1n) is 8.57. The number of carbonyl (C=O) groups excluding carboxylic acids is 1. The van der Waals surface area contributed by atoms with Crippen molar-refractivity contribution < 1.29 is 14.1 Å². The summed E-state index contributed by atoms with van der Waals surface area (Å²) in [6.45, 7) is 4.79. The van der Waals surface area contributed by atoms with E-state index in [1.54, 1.807) is 18.2 Å². The zero-order valence-electron chi connectivity index (χ0n) is 14.8. The maximum Gasteiger partial charge on any atom is 0.251 e. The molecular weight excluding hydrogens is 330 g/mol. The number of amides is 1. The lowest BCUT2D eigenvalue weighted by atomic mass is 10.1. The second-order valence-corrected chi connectivity index (χ2v) is 5.89. The molecular formula is C20H21N3O3. The number of nitrogens with zero attached hydrogens (tertiary/aromatic N) is 2. The molecule has 2 aromatic carbocycles. The van der Waals surface area contributed by atoms with Crippen LogP contribution in [0.25, 0.3) is 11.4 Å². The molecule has 0 aliphatic carbocycles. The first-order valence-corrected chi connectivity index (χ1v) is 8.57. The van der Waals surface area contributed by atoms with Gasteiger partial charge in [-0.25, -0.2) is 0 Å². The van der Waals surface area contributed by atoms with E-state index in [1.807, 2.05) is 50.2 Å². The van der Waals surface area contributed by atoms with Crippen LogP contribution in [0.1, 0.15) is 36.0 Å². The average Bonchev–Trinajstić information content (AvgIpc) is 3.17. The zero-order valence-corrected chi connectivity index (χ0v) is 14.8. The minimum absolute atomic E-state index is 0.0982. The molecule has 1 unspecified atom stereocenters. The highest BCUT2D eigenvalue weighted by atomic mass is 16.5. The van der Waals surface area contributed by atoms with Crippen molar-refractivity contribution in [2.45, 2.75) is 19.8 Å². The molecule has 0 fully saturated rings. The van der Waals surface area contributed by atoms with E-state index in [9.17, 15) is 4.79 Å². The summed E-state index contributed by atoms with van der Waals surface area (Å²) in [5, 5.41) is 6.90. The average molecular weight is 351 g/mol. The van der Waals surface area contributed by atoms with Gasteiger partial charge >= 0.3 is 0 Å². The molecule has 0 spiro atoms. The minimum atomic E-state index is -0.166. The van der Waals surface area contributed by atoms with Crippen LogP contribution in [0.3, 0.4) is 0 Å². The molecule has 6 nitrogen and oxygen atoms in total. The number of carbonyl (C=O) groups is 1. The van der Waals surface area contributed by atoms with E-state index < -0.39 is 0 Å². The summed E-state index contributed by atoms with van der Waals surface area (Å²) < 4.78 is 10.8. The Balaban J connectivity index is 1.60. The molecule has 1 atom stereocenters. The van der Waals surface area contributed by atoms with Gasteiger partial charge in [-0.2, -0.15) is 4.98 Å². The van der Waals surface area contributed by atoms with E-state index >= 15 is 0 Å². The van der Waals surface area contributed by atoms with Gasteiger partial charge in [0.1, 0.15) is 5.75 Å². The second kappa shape index (κ2) is 8.29. The van der Waals surface area contributed by atoms with E-state index in [2.05, 4.69) is 15.5 Å². The SMILES string of the molecule is CCOc1cccc(C(=O)NCC(C)c2nc(-c3ccccc3)no2)c1. The molecule has 1 amide bonds. The topological polar surface area (TPSA) is 77.2 Å². The largest absolute Gasteiger partial charge is 0.494 e. The summed E-state index contributed by atoms with van der Waals surface area (Å²) in [7, 11) is 0. The van der Waals surface area contributed by atoms with Gasteiger partial charge < -0.3 is 14.6 Å². The lowest BCUT2D eigenvalue weighted by Crippen LogP contribution is -2.27. The second-order valence-electron chi connectivity index (χ2n) is 5.89. The number of ether oxygens (including phenoxy) is 1. The Morgan fingerprint density at radius 3 is 2.77 bits per heavy atom. The molecule has 0 aliphatic heterocycles. The molecule has 6 heteroatoms. The molecule has 0 saturated heterocycles. The highest BCUT2D eigenvalue weighted by Crippen LogP contribution is 2.19. The summed E-state index contributed by atoms with van der Waals surface area (Å²) >= 11 is 0. The molecule has 26 heavy (non-hydrogen) atoms. The van der Waals surface area contributed by atoms with Gasteiger partial charge in [-0.05, 0) is 25.1 Å². The maximum absolute atomic E-state index is 12.3. The van der Waals surface area contributed by atoms with Crippen molar-refractivity contribution in [2.75, 3.05) is 13.2 Å². The van der Waals surface area contributed by atoms with Crippen molar-refractivity contribution in [1.82, 2.24) is 15.5 Å². The standard InChI is InChI=1S/C20H21N3O3/c1-3-25-17-11-7-10-16(12-17)19(24)21-13-14(2)20-22-18(23-26-20)15-8-5-4-6-9-15/h4-12,14H,3,13H2,1-2H3,(H,21,24). The Morgan fingerprint density at radius 1 is 1.19 bits per heavy atom. The highest BCUT2D eigenvalue weighted by Gasteiger charge is 2.16. The lowest BCUT2D eigenvalue weighted by molar-refractivity contribution is 0.0950. The molecule has 1 aromatic heterocycles. The van der Waals surface area contributed by atoms with Gasteiger partial charge in [-0.3, -0.25) is 4.79 Å². The molecule has 3 aromatic rings. The Labute approximate surface area is 152 Å². The van der Waals surface area contributed by atoms with E-state index in [1.165, 1.54) is 0 Å². The number of nitrogens with one attached hydrogen (secondary N) is 1. The lowest BCUT2D eigenvalue weighted by Gasteiger charge is -2.10. The molecule has 1 heterocycles. The minimum Gasteiger partial charge on any atom is -0.494 e. The van der Waals surface area contributed by atoms with Crippen molar-refractivity contribution >= 4 is 5.91 Å². The summed E-state index contributed by atoms with van der Waals surface area (Å²) in [4.78, 5) is 16.8. The van der Waals surface area contributed by atoms with Crippen molar-refractivity contribution in [3.63, 3.8) is 0 Å². The molecule has 0 saturated carbocycles. The van der Waals surface area contributed by atoms with Crippen molar-refractivity contribution in [3.8, 4) is 17.1 Å². The smallest absolute Gasteiger partial charge is 0.251 e. The Bertz CT molecular complexity index is 862. The van der Waals surface area contributed by atoms with Crippen LogP contribution in [0.5, 0.6) is 5.75 Å². The molecule has 0 aliphatic rings. The Kier molecular flexibility index (Phi) is 5.63. The van der Waals surface area contributed by atoms with Crippen molar-refractivity contribution in [3.05, 3.63) is 66.1 Å². The van der Waals surface area contributed by atoms with Crippen molar-refractivity contribution in [1.29, 1.82) is 0 Å². The van der Waals surface area contributed by atoms with E-state index in [-0.39, 0.29) is 11.8 Å². The van der Waals surface area contributed by atoms with Gasteiger partial charge in [0.25, 0.3) is 5.91 Å². The van der Waals surface area contributed by atoms with Crippen LogP contribution in [0.4, 0.5) is 0 Å². The molecule has 0 bridgehead atoms. The zero-order chi connectivity index (χ0) is 18.4. The predicted octanol–water partition coefficient (Wildman–Crippen LogP) is 3.67. The summed E-state index contributed by atoms with van der Waals surface area (Å²) in [5.74, 6) is 1.45. The Hall–Kier alpha value is -3.15. The van der Waals surface area contributed by atoms with Gasteiger partial charge in [-0.15, -0.1) is 0 Å². The predicted molar refractivity (Wildman–Crippen MR) is 98.1 cm³/mol. The fourth-order valence-corrected chi connectivity index (χ4v) is 2.47. The number of rotatable bonds is 7. The third-order valence-corrected chi connectivity index (χ3v) is 3.87. The summed E-state index contributed by atoms with van der Waals surface area (Å²) in [5.41, 5.74) is 1.45. The van der Waals surface area contributed by atoms with Gasteiger partial charge in [0.15, 0.2) is 0 Å². The molecule has 1 N–H and O–H groups in total. The van der Waals surface area contributed by atoms with Gasteiger partial charge in [0, 0.05) is 17.7 Å². The number of aromatic nitrogens is 2. The van der Waals surface area contributed by atoms with Crippen LogP contribution in [0.2, 0.25) is 0 Å². The fraction of sp³-hybridized carbons (Fsp3) is 0.250. The van der Waals surface area contributed by atoms with E-state index in [4.69, 9.17) is 9.26 Å². The van der Waals surface area contributed by atoms with Crippen LogP contribution in [-0.4, -0.2) is 29.2 Å². The van der Waals surface area contributed by atoms with Crippen LogP contribution >= 0.6 is 0 Å². The van der Waals surface area contributed by atoms with Crippen molar-refractivity contribution in [2.24, 2.45) is 0 Å². The Morgan fingerprint density at radius 2 is 2.00 bits per heavy atom. The fourth-order valence-electron chi connectivity index (χ4n) is 2.47. The summed E-state index contributed by atoms with van der Waals surface area (Å²) in [6, 6.07) is 16.7. The van der Waals surface area contributed by atoms with Crippen LogP contribution < -0.4 is 10.1 Å². The number of hydrogen-bond donors (Lipinski definition) is 1. The third kappa shape index (κ3) is 4.27. The first kappa shape index (κ1) is 17.7. The maximum atomic E-state index is 12.3. The molecule has 134 valence electrons. The third-order valence-electron chi connectivity index (χ3n) is 3.87. The summed E-state index contributed by atoms with van der Waals surface area (Å²) in [6.07, 6.45) is 0. The van der Waals surface area contributed by atoms with E-state index in [0.29, 0.717) is 36.2 Å². The van der Waals surface area contributed by atoms with E-state index in [0.717, 1.165) is 5.56 Å². The molecule has 0 radical (unpaired) electrons. The highest BCUT2D eigenvalue weighted by molar-refractivity contribution is 5.94. The number of benzene rings is 2. The first-order chi connectivity index (χ1) is 12.7. The normalized spacial score (nSPS) is 11.8. The molecule has 3 rings (SSSR count). The van der Waals surface area contributed by atoms with Crippen LogP contribution in [-0.2, 0) is 0 Å². The van der Waals surface area contributed by atoms with Gasteiger partial charge in [0.2, 0.25) is 11.7 Å². The van der Waals surface area contributed by atoms with Crippen LogP contribution in [0.15, 0.2) is 59.1 Å². The van der Waals surface area contributed by atoms with Gasteiger partial charge in [0.05, 0.1) is 12.5 Å². The monoisotopic (exact) mass is 351 g/mol. The quantitative estimate of drug-likeness (QED) is 0.703. The number of hydrogen-bond acceptors (Lipinski definition) is 5. The van der Waals surface area contributed by atoms with Gasteiger partial charge in [-0.1, -0.05) is 48.5 Å².